The van der Waals surface area contributed by atoms with Gasteiger partial charge in [-0.05, 0) is 37.8 Å². The second-order valence-corrected chi connectivity index (χ2v) is 4.89. The highest BCUT2D eigenvalue weighted by atomic mass is 19.2. The van der Waals surface area contributed by atoms with E-state index in [0.717, 1.165) is 25.4 Å². The third-order valence-corrected chi connectivity index (χ3v) is 3.18. The van der Waals surface area contributed by atoms with Crippen LogP contribution in [0.25, 0.3) is 0 Å². The Morgan fingerprint density at radius 2 is 2.06 bits per heavy atom. The van der Waals surface area contributed by atoms with E-state index in [9.17, 15) is 8.78 Å². The van der Waals surface area contributed by atoms with E-state index in [2.05, 4.69) is 11.8 Å². The van der Waals surface area contributed by atoms with Crippen molar-refractivity contribution in [3.05, 3.63) is 35.4 Å². The Morgan fingerprint density at radius 1 is 1.29 bits per heavy atom. The van der Waals surface area contributed by atoms with E-state index in [1.165, 1.54) is 18.9 Å². The highest BCUT2D eigenvalue weighted by Gasteiger charge is 2.24. The Morgan fingerprint density at radius 3 is 2.71 bits per heavy atom. The van der Waals surface area contributed by atoms with Crippen molar-refractivity contribution in [2.45, 2.75) is 32.7 Å². The van der Waals surface area contributed by atoms with Crippen molar-refractivity contribution in [3.8, 4) is 0 Å². The molecule has 17 heavy (non-hydrogen) atoms. The summed E-state index contributed by atoms with van der Waals surface area (Å²) in [6, 6.07) is 4.42. The molecule has 0 saturated heterocycles. The normalized spacial score (nSPS) is 15.5. The SMILES string of the molecule is CCCN(Cc1cccc(F)c1F)CC1CC1. The highest BCUT2D eigenvalue weighted by molar-refractivity contribution is 5.18. The number of hydrogen-bond acceptors (Lipinski definition) is 1. The molecule has 0 heterocycles. The van der Waals surface area contributed by atoms with Crippen molar-refractivity contribution in [2.24, 2.45) is 5.92 Å². The number of nitrogens with zero attached hydrogens (tertiary/aromatic N) is 1. The molecule has 0 aliphatic heterocycles. The summed E-state index contributed by atoms with van der Waals surface area (Å²) in [4.78, 5) is 2.23. The van der Waals surface area contributed by atoms with E-state index in [-0.39, 0.29) is 0 Å². The molecule has 1 saturated carbocycles. The molecule has 0 radical (unpaired) electrons. The molecular weight excluding hydrogens is 220 g/mol. The minimum Gasteiger partial charge on any atom is -0.299 e. The van der Waals surface area contributed by atoms with Gasteiger partial charge in [0.25, 0.3) is 0 Å². The molecule has 1 fully saturated rings. The summed E-state index contributed by atoms with van der Waals surface area (Å²) >= 11 is 0. The topological polar surface area (TPSA) is 3.24 Å². The molecule has 0 atom stereocenters. The van der Waals surface area contributed by atoms with Gasteiger partial charge in [-0.1, -0.05) is 19.1 Å². The molecule has 1 aliphatic rings. The van der Waals surface area contributed by atoms with Gasteiger partial charge >= 0.3 is 0 Å². The van der Waals surface area contributed by atoms with E-state index < -0.39 is 11.6 Å². The molecule has 0 aromatic heterocycles. The maximum absolute atomic E-state index is 13.6. The fourth-order valence-corrected chi connectivity index (χ4v) is 2.13. The number of halogens is 2. The van der Waals surface area contributed by atoms with Crippen LogP contribution in [0.2, 0.25) is 0 Å². The van der Waals surface area contributed by atoms with Crippen LogP contribution >= 0.6 is 0 Å². The molecule has 94 valence electrons. The zero-order valence-electron chi connectivity index (χ0n) is 10.3. The quantitative estimate of drug-likeness (QED) is 0.733. The van der Waals surface area contributed by atoms with Crippen LogP contribution in [0.3, 0.4) is 0 Å². The van der Waals surface area contributed by atoms with Crippen molar-refractivity contribution in [1.29, 1.82) is 0 Å². The van der Waals surface area contributed by atoms with Crippen LogP contribution in [0.5, 0.6) is 0 Å². The van der Waals surface area contributed by atoms with Crippen molar-refractivity contribution >= 4 is 0 Å². The van der Waals surface area contributed by atoms with Crippen LogP contribution in [0.1, 0.15) is 31.7 Å². The van der Waals surface area contributed by atoms with Crippen LogP contribution < -0.4 is 0 Å². The first-order valence-electron chi connectivity index (χ1n) is 6.36. The Hall–Kier alpha value is -0.960. The van der Waals surface area contributed by atoms with Crippen molar-refractivity contribution in [2.75, 3.05) is 13.1 Å². The van der Waals surface area contributed by atoms with Gasteiger partial charge in [0.05, 0.1) is 0 Å². The number of rotatable bonds is 6. The largest absolute Gasteiger partial charge is 0.299 e. The van der Waals surface area contributed by atoms with Crippen LogP contribution in [0.4, 0.5) is 8.78 Å². The summed E-state index contributed by atoms with van der Waals surface area (Å²) in [7, 11) is 0. The molecule has 0 bridgehead atoms. The predicted octanol–water partition coefficient (Wildman–Crippen LogP) is 3.59. The molecule has 1 aromatic rings. The van der Waals surface area contributed by atoms with Crippen LogP contribution in [-0.4, -0.2) is 18.0 Å². The molecule has 3 heteroatoms. The van der Waals surface area contributed by atoms with Gasteiger partial charge in [-0.25, -0.2) is 8.78 Å². The lowest BCUT2D eigenvalue weighted by Gasteiger charge is -2.21. The van der Waals surface area contributed by atoms with E-state index >= 15 is 0 Å². The standard InChI is InChI=1S/C14H19F2N/c1-2-8-17(9-11-6-7-11)10-12-4-3-5-13(15)14(12)16/h3-5,11H,2,6-10H2,1H3. The average Bonchev–Trinajstić information content (AvgIpc) is 3.09. The highest BCUT2D eigenvalue weighted by Crippen LogP contribution is 2.30. The van der Waals surface area contributed by atoms with E-state index in [1.807, 2.05) is 0 Å². The van der Waals surface area contributed by atoms with Gasteiger partial charge in [-0.3, -0.25) is 4.90 Å². The molecule has 0 unspecified atom stereocenters. The summed E-state index contributed by atoms with van der Waals surface area (Å²) in [6.07, 6.45) is 3.61. The fourth-order valence-electron chi connectivity index (χ4n) is 2.13. The Bertz CT molecular complexity index is 374. The summed E-state index contributed by atoms with van der Waals surface area (Å²) < 4.78 is 26.7. The maximum Gasteiger partial charge on any atom is 0.163 e. The van der Waals surface area contributed by atoms with Gasteiger partial charge in [-0.15, -0.1) is 0 Å². The van der Waals surface area contributed by atoms with E-state index in [4.69, 9.17) is 0 Å². The van der Waals surface area contributed by atoms with E-state index in [0.29, 0.717) is 12.1 Å². The van der Waals surface area contributed by atoms with E-state index in [1.54, 1.807) is 12.1 Å². The third kappa shape index (κ3) is 3.50. The van der Waals surface area contributed by atoms with Gasteiger partial charge in [0.2, 0.25) is 0 Å². The minimum absolute atomic E-state index is 0.471. The molecular formula is C14H19F2N. The van der Waals surface area contributed by atoms with Crippen LogP contribution in [0.15, 0.2) is 18.2 Å². The van der Waals surface area contributed by atoms with Crippen molar-refractivity contribution < 1.29 is 8.78 Å². The van der Waals surface area contributed by atoms with Crippen molar-refractivity contribution in [3.63, 3.8) is 0 Å². The minimum atomic E-state index is -0.745. The molecule has 0 amide bonds. The Kier molecular flexibility index (Phi) is 4.11. The Balaban J connectivity index is 2.02. The molecule has 1 aromatic carbocycles. The molecule has 2 rings (SSSR count). The summed E-state index contributed by atoms with van der Waals surface area (Å²) in [5.41, 5.74) is 0.471. The first kappa shape index (κ1) is 12.5. The number of hydrogen-bond donors (Lipinski definition) is 0. The average molecular weight is 239 g/mol. The smallest absolute Gasteiger partial charge is 0.163 e. The molecule has 1 aliphatic carbocycles. The first-order valence-corrected chi connectivity index (χ1v) is 6.36. The lowest BCUT2D eigenvalue weighted by molar-refractivity contribution is 0.250. The van der Waals surface area contributed by atoms with Gasteiger partial charge in [-0.2, -0.15) is 0 Å². The maximum atomic E-state index is 13.6. The molecule has 0 spiro atoms. The monoisotopic (exact) mass is 239 g/mol. The summed E-state index contributed by atoms with van der Waals surface area (Å²) in [5, 5.41) is 0. The summed E-state index contributed by atoms with van der Waals surface area (Å²) in [6.45, 7) is 4.60. The zero-order valence-corrected chi connectivity index (χ0v) is 10.3. The zero-order chi connectivity index (χ0) is 12.3. The number of benzene rings is 1. The fraction of sp³-hybridized carbons (Fsp3) is 0.571. The second kappa shape index (κ2) is 5.58. The van der Waals surface area contributed by atoms with Gasteiger partial charge in [0, 0.05) is 18.7 Å². The van der Waals surface area contributed by atoms with Crippen molar-refractivity contribution in [1.82, 2.24) is 4.90 Å². The first-order chi connectivity index (χ1) is 8.20. The lowest BCUT2D eigenvalue weighted by Crippen LogP contribution is -2.27. The van der Waals surface area contributed by atoms with Crippen LogP contribution in [-0.2, 0) is 6.54 Å². The predicted molar refractivity (Wildman–Crippen MR) is 64.7 cm³/mol. The van der Waals surface area contributed by atoms with Crippen LogP contribution in [0, 0.1) is 17.6 Å². The lowest BCUT2D eigenvalue weighted by atomic mass is 10.2. The molecule has 1 nitrogen and oxygen atoms in total. The van der Waals surface area contributed by atoms with Gasteiger partial charge in [0.15, 0.2) is 11.6 Å². The van der Waals surface area contributed by atoms with Gasteiger partial charge in [0.1, 0.15) is 0 Å². The molecule has 0 N–H and O–H groups in total. The summed E-state index contributed by atoms with van der Waals surface area (Å²) in [5.74, 6) is -0.659. The third-order valence-electron chi connectivity index (χ3n) is 3.18. The van der Waals surface area contributed by atoms with Gasteiger partial charge < -0.3 is 0 Å². The Labute approximate surface area is 101 Å². The second-order valence-electron chi connectivity index (χ2n) is 4.89.